The SMILES string of the molecule is COc1ccc(C(=O)O)c(NC(=O)Nc2nc(C)ns2)c1. The second-order valence-electron chi connectivity index (χ2n) is 3.94. The minimum absolute atomic E-state index is 0.0422. The Morgan fingerprint density at radius 1 is 1.33 bits per heavy atom. The molecule has 2 aromatic rings. The molecule has 2 amide bonds. The first-order valence-corrected chi connectivity index (χ1v) is 6.56. The summed E-state index contributed by atoms with van der Waals surface area (Å²) in [6.45, 7) is 1.70. The summed E-state index contributed by atoms with van der Waals surface area (Å²) in [7, 11) is 1.45. The summed E-state index contributed by atoms with van der Waals surface area (Å²) in [5, 5.41) is 14.4. The van der Waals surface area contributed by atoms with Crippen LogP contribution >= 0.6 is 11.5 Å². The molecule has 3 N–H and O–H groups in total. The number of ether oxygens (including phenoxy) is 1. The normalized spacial score (nSPS) is 10.0. The van der Waals surface area contributed by atoms with E-state index in [0.717, 1.165) is 11.5 Å². The number of urea groups is 1. The molecule has 0 unspecified atom stereocenters. The standard InChI is InChI=1S/C12H12N4O4S/c1-6-13-12(21-16-6)15-11(19)14-9-5-7(20-2)3-4-8(9)10(17)18/h3-5H,1-2H3,(H,17,18)(H2,13,14,15,16,19). The van der Waals surface area contributed by atoms with E-state index in [2.05, 4.69) is 20.0 Å². The fourth-order valence-corrected chi connectivity index (χ4v) is 2.11. The molecule has 0 aliphatic rings. The van der Waals surface area contributed by atoms with E-state index in [9.17, 15) is 9.59 Å². The smallest absolute Gasteiger partial charge is 0.337 e. The van der Waals surface area contributed by atoms with E-state index in [-0.39, 0.29) is 11.3 Å². The molecule has 1 aromatic heterocycles. The third kappa shape index (κ3) is 3.66. The van der Waals surface area contributed by atoms with E-state index in [1.807, 2.05) is 0 Å². The van der Waals surface area contributed by atoms with E-state index < -0.39 is 12.0 Å². The van der Waals surface area contributed by atoms with Crippen molar-refractivity contribution in [2.24, 2.45) is 0 Å². The van der Waals surface area contributed by atoms with Crippen LogP contribution in [0.1, 0.15) is 16.2 Å². The Morgan fingerprint density at radius 2 is 2.10 bits per heavy atom. The number of aromatic nitrogens is 2. The minimum atomic E-state index is -1.15. The lowest BCUT2D eigenvalue weighted by Gasteiger charge is -2.10. The number of carboxylic acid groups (broad SMARTS) is 1. The zero-order valence-corrected chi connectivity index (χ0v) is 12.0. The van der Waals surface area contributed by atoms with Crippen LogP contribution in [0.2, 0.25) is 0 Å². The Labute approximate surface area is 123 Å². The largest absolute Gasteiger partial charge is 0.497 e. The van der Waals surface area contributed by atoms with Gasteiger partial charge in [0.25, 0.3) is 0 Å². The molecule has 8 nitrogen and oxygen atoms in total. The Kier molecular flexibility index (Phi) is 4.33. The van der Waals surface area contributed by atoms with Gasteiger partial charge in [-0.3, -0.25) is 5.32 Å². The van der Waals surface area contributed by atoms with Crippen molar-refractivity contribution in [3.05, 3.63) is 29.6 Å². The summed E-state index contributed by atoms with van der Waals surface area (Å²) >= 11 is 1.03. The van der Waals surface area contributed by atoms with Crippen molar-refractivity contribution in [1.82, 2.24) is 9.36 Å². The molecule has 0 bridgehead atoms. The van der Waals surface area contributed by atoms with Crippen LogP contribution in [0.3, 0.4) is 0 Å². The molecule has 0 spiro atoms. The third-order valence-electron chi connectivity index (χ3n) is 2.45. The first-order chi connectivity index (χ1) is 9.99. The topological polar surface area (TPSA) is 113 Å². The van der Waals surface area contributed by atoms with Gasteiger partial charge in [0.15, 0.2) is 0 Å². The van der Waals surface area contributed by atoms with Crippen LogP contribution in [0.5, 0.6) is 5.75 Å². The van der Waals surface area contributed by atoms with E-state index in [0.29, 0.717) is 16.7 Å². The fraction of sp³-hybridized carbons (Fsp3) is 0.167. The molecular formula is C12H12N4O4S. The second kappa shape index (κ2) is 6.18. The van der Waals surface area contributed by atoms with Crippen molar-refractivity contribution in [2.45, 2.75) is 6.92 Å². The highest BCUT2D eigenvalue weighted by molar-refractivity contribution is 7.09. The molecule has 0 saturated heterocycles. The van der Waals surface area contributed by atoms with Gasteiger partial charge in [-0.1, -0.05) is 0 Å². The maximum atomic E-state index is 11.8. The van der Waals surface area contributed by atoms with Gasteiger partial charge in [0.05, 0.1) is 18.4 Å². The van der Waals surface area contributed by atoms with Gasteiger partial charge < -0.3 is 15.2 Å². The first kappa shape index (κ1) is 14.7. The maximum absolute atomic E-state index is 11.8. The van der Waals surface area contributed by atoms with Crippen molar-refractivity contribution in [3.8, 4) is 5.75 Å². The number of carboxylic acids is 1. The summed E-state index contributed by atoms with van der Waals surface area (Å²) < 4.78 is 8.93. The van der Waals surface area contributed by atoms with Gasteiger partial charge in [0.2, 0.25) is 5.13 Å². The number of aryl methyl sites for hydroxylation is 1. The Balaban J connectivity index is 2.17. The monoisotopic (exact) mass is 308 g/mol. The van der Waals surface area contributed by atoms with Crippen LogP contribution in [0.4, 0.5) is 15.6 Å². The molecule has 0 atom stereocenters. The van der Waals surface area contributed by atoms with Crippen molar-refractivity contribution >= 4 is 34.4 Å². The van der Waals surface area contributed by atoms with Gasteiger partial charge in [0, 0.05) is 17.6 Å². The van der Waals surface area contributed by atoms with Crippen molar-refractivity contribution < 1.29 is 19.4 Å². The van der Waals surface area contributed by atoms with Gasteiger partial charge >= 0.3 is 12.0 Å². The molecule has 0 radical (unpaired) electrons. The molecule has 2 rings (SSSR count). The molecular weight excluding hydrogens is 296 g/mol. The molecule has 1 aromatic carbocycles. The number of aromatic carboxylic acids is 1. The van der Waals surface area contributed by atoms with Crippen LogP contribution in [0.15, 0.2) is 18.2 Å². The fourth-order valence-electron chi connectivity index (χ4n) is 1.54. The van der Waals surface area contributed by atoms with E-state index in [1.54, 1.807) is 6.92 Å². The average Bonchev–Trinajstić information content (AvgIpc) is 2.83. The minimum Gasteiger partial charge on any atom is -0.497 e. The highest BCUT2D eigenvalue weighted by atomic mass is 32.1. The van der Waals surface area contributed by atoms with Crippen LogP contribution in [-0.2, 0) is 0 Å². The number of rotatable bonds is 4. The van der Waals surface area contributed by atoms with Gasteiger partial charge in [-0.05, 0) is 19.1 Å². The summed E-state index contributed by atoms with van der Waals surface area (Å²) in [5.41, 5.74) is 0.0833. The van der Waals surface area contributed by atoms with Crippen LogP contribution in [0.25, 0.3) is 0 Å². The lowest BCUT2D eigenvalue weighted by Crippen LogP contribution is -2.21. The summed E-state index contributed by atoms with van der Waals surface area (Å²) in [6.07, 6.45) is 0. The highest BCUT2D eigenvalue weighted by Gasteiger charge is 2.14. The van der Waals surface area contributed by atoms with Crippen LogP contribution in [-0.4, -0.2) is 33.6 Å². The lowest BCUT2D eigenvalue weighted by molar-refractivity contribution is 0.0698. The Morgan fingerprint density at radius 3 is 2.67 bits per heavy atom. The summed E-state index contributed by atoms with van der Waals surface area (Å²) in [6, 6.07) is 3.67. The van der Waals surface area contributed by atoms with Gasteiger partial charge in [-0.15, -0.1) is 0 Å². The van der Waals surface area contributed by atoms with Gasteiger partial charge in [-0.25, -0.2) is 14.6 Å². The third-order valence-corrected chi connectivity index (χ3v) is 3.18. The number of carbonyl (C=O) groups excluding carboxylic acids is 1. The van der Waals surface area contributed by atoms with E-state index in [1.165, 1.54) is 25.3 Å². The molecule has 0 aliphatic heterocycles. The van der Waals surface area contributed by atoms with Gasteiger partial charge in [0.1, 0.15) is 11.6 Å². The number of methoxy groups -OCH3 is 1. The van der Waals surface area contributed by atoms with Crippen molar-refractivity contribution in [1.29, 1.82) is 0 Å². The molecule has 0 fully saturated rings. The molecule has 110 valence electrons. The van der Waals surface area contributed by atoms with Crippen molar-refractivity contribution in [3.63, 3.8) is 0 Å². The molecule has 9 heteroatoms. The number of carbonyl (C=O) groups is 2. The van der Waals surface area contributed by atoms with Gasteiger partial charge in [-0.2, -0.15) is 4.37 Å². The average molecular weight is 308 g/mol. The Bertz CT molecular complexity index is 686. The number of amides is 2. The zero-order valence-electron chi connectivity index (χ0n) is 11.2. The number of hydrogen-bond acceptors (Lipinski definition) is 6. The number of nitrogens with one attached hydrogen (secondary N) is 2. The van der Waals surface area contributed by atoms with Crippen molar-refractivity contribution in [2.75, 3.05) is 17.7 Å². The summed E-state index contributed by atoms with van der Waals surface area (Å²) in [5.74, 6) is -0.176. The molecule has 21 heavy (non-hydrogen) atoms. The molecule has 1 heterocycles. The Hall–Kier alpha value is -2.68. The van der Waals surface area contributed by atoms with E-state index >= 15 is 0 Å². The second-order valence-corrected chi connectivity index (χ2v) is 4.69. The number of anilines is 2. The van der Waals surface area contributed by atoms with E-state index in [4.69, 9.17) is 9.84 Å². The van der Waals surface area contributed by atoms with Crippen LogP contribution in [0, 0.1) is 6.92 Å². The van der Waals surface area contributed by atoms with Crippen LogP contribution < -0.4 is 15.4 Å². The number of benzene rings is 1. The highest BCUT2D eigenvalue weighted by Crippen LogP contribution is 2.23. The first-order valence-electron chi connectivity index (χ1n) is 5.79. The lowest BCUT2D eigenvalue weighted by atomic mass is 10.1. The zero-order chi connectivity index (χ0) is 15.4. The maximum Gasteiger partial charge on any atom is 0.337 e. The predicted octanol–water partition coefficient (Wildman–Crippen LogP) is 2.20. The summed E-state index contributed by atoms with van der Waals surface area (Å²) in [4.78, 5) is 27.0. The number of nitrogens with zero attached hydrogens (tertiary/aromatic N) is 2. The molecule has 0 saturated carbocycles. The predicted molar refractivity (Wildman–Crippen MR) is 77.2 cm³/mol. The number of hydrogen-bond donors (Lipinski definition) is 3. The quantitative estimate of drug-likeness (QED) is 0.798. The molecule has 0 aliphatic carbocycles.